The molecule has 4 heteroatoms. The average molecular weight is 286 g/mol. The number of fused-ring (bicyclic) bond motifs is 3. The standard InChI is InChI=1S/C17H22N2O2/c1-2-3-12-21-17(20)19-10-8-14-13-6-4-5-7-15(13)18-16(14)9-11-19/h4-7,18H,2-3,8-12H2,1H3. The number of para-hydroxylation sites is 1. The highest BCUT2D eigenvalue weighted by Gasteiger charge is 2.21. The third-order valence-electron chi connectivity index (χ3n) is 4.15. The molecule has 1 aliphatic heterocycles. The smallest absolute Gasteiger partial charge is 0.409 e. The number of nitrogens with one attached hydrogen (secondary N) is 1. The van der Waals surface area contributed by atoms with Crippen molar-refractivity contribution in [2.24, 2.45) is 0 Å². The van der Waals surface area contributed by atoms with Crippen LogP contribution in [0.5, 0.6) is 0 Å². The van der Waals surface area contributed by atoms with Crippen LogP contribution >= 0.6 is 0 Å². The van der Waals surface area contributed by atoms with E-state index < -0.39 is 0 Å². The van der Waals surface area contributed by atoms with Gasteiger partial charge in [-0.1, -0.05) is 31.5 Å². The van der Waals surface area contributed by atoms with Crippen LogP contribution < -0.4 is 0 Å². The van der Waals surface area contributed by atoms with Crippen LogP contribution in [0.15, 0.2) is 24.3 Å². The fraction of sp³-hybridized carbons (Fsp3) is 0.471. The van der Waals surface area contributed by atoms with E-state index >= 15 is 0 Å². The SMILES string of the molecule is CCCCOC(=O)N1CCc2[nH]c3ccccc3c2CC1. The second-order valence-corrected chi connectivity index (χ2v) is 5.58. The molecular weight excluding hydrogens is 264 g/mol. The zero-order valence-electron chi connectivity index (χ0n) is 12.5. The van der Waals surface area contributed by atoms with E-state index in [0.717, 1.165) is 38.8 Å². The molecule has 21 heavy (non-hydrogen) atoms. The van der Waals surface area contributed by atoms with Gasteiger partial charge < -0.3 is 14.6 Å². The molecule has 0 radical (unpaired) electrons. The number of aromatic amines is 1. The van der Waals surface area contributed by atoms with E-state index in [4.69, 9.17) is 4.74 Å². The number of hydrogen-bond acceptors (Lipinski definition) is 2. The first-order chi connectivity index (χ1) is 10.3. The Balaban J connectivity index is 1.69. The molecule has 0 fully saturated rings. The zero-order chi connectivity index (χ0) is 14.7. The minimum atomic E-state index is -0.169. The highest BCUT2D eigenvalue weighted by molar-refractivity contribution is 5.85. The van der Waals surface area contributed by atoms with Gasteiger partial charge in [0, 0.05) is 36.1 Å². The second-order valence-electron chi connectivity index (χ2n) is 5.58. The van der Waals surface area contributed by atoms with E-state index in [0.29, 0.717) is 6.61 Å². The number of nitrogens with zero attached hydrogens (tertiary/aromatic N) is 1. The van der Waals surface area contributed by atoms with Crippen LogP contribution in [0.25, 0.3) is 10.9 Å². The minimum Gasteiger partial charge on any atom is -0.449 e. The number of aromatic nitrogens is 1. The Morgan fingerprint density at radius 1 is 1.29 bits per heavy atom. The molecule has 112 valence electrons. The summed E-state index contributed by atoms with van der Waals surface area (Å²) in [5, 5.41) is 1.29. The van der Waals surface area contributed by atoms with Gasteiger partial charge in [-0.3, -0.25) is 0 Å². The van der Waals surface area contributed by atoms with Gasteiger partial charge in [-0.2, -0.15) is 0 Å². The van der Waals surface area contributed by atoms with Crippen LogP contribution in [-0.4, -0.2) is 35.7 Å². The van der Waals surface area contributed by atoms with E-state index in [1.54, 1.807) is 0 Å². The first kappa shape index (κ1) is 14.0. The lowest BCUT2D eigenvalue weighted by atomic mass is 10.1. The number of carbonyl (C=O) groups excluding carboxylic acids is 1. The van der Waals surface area contributed by atoms with Crippen LogP contribution in [-0.2, 0) is 17.6 Å². The Morgan fingerprint density at radius 3 is 2.95 bits per heavy atom. The predicted octanol–water partition coefficient (Wildman–Crippen LogP) is 3.51. The van der Waals surface area contributed by atoms with Gasteiger partial charge >= 0.3 is 6.09 Å². The molecule has 1 N–H and O–H groups in total. The number of ether oxygens (including phenoxy) is 1. The number of H-pyrrole nitrogens is 1. The third-order valence-corrected chi connectivity index (χ3v) is 4.15. The largest absolute Gasteiger partial charge is 0.449 e. The first-order valence-electron chi connectivity index (χ1n) is 7.79. The minimum absolute atomic E-state index is 0.169. The van der Waals surface area contributed by atoms with Gasteiger partial charge in [-0.05, 0) is 24.5 Å². The van der Waals surface area contributed by atoms with Crippen molar-refractivity contribution in [2.45, 2.75) is 32.6 Å². The summed E-state index contributed by atoms with van der Waals surface area (Å²) < 4.78 is 5.32. The summed E-state index contributed by atoms with van der Waals surface area (Å²) in [6.45, 7) is 4.09. The topological polar surface area (TPSA) is 45.3 Å². The molecule has 3 rings (SSSR count). The van der Waals surface area contributed by atoms with Gasteiger partial charge in [0.2, 0.25) is 0 Å². The van der Waals surface area contributed by atoms with Gasteiger partial charge in [0.15, 0.2) is 0 Å². The number of hydrogen-bond donors (Lipinski definition) is 1. The van der Waals surface area contributed by atoms with Gasteiger partial charge in [0.1, 0.15) is 0 Å². The summed E-state index contributed by atoms with van der Waals surface area (Å²) >= 11 is 0. The number of rotatable bonds is 3. The monoisotopic (exact) mass is 286 g/mol. The van der Waals surface area contributed by atoms with E-state index in [9.17, 15) is 4.79 Å². The summed E-state index contributed by atoms with van der Waals surface area (Å²) in [5.74, 6) is 0. The summed E-state index contributed by atoms with van der Waals surface area (Å²) in [7, 11) is 0. The molecule has 0 atom stereocenters. The Morgan fingerprint density at radius 2 is 2.10 bits per heavy atom. The number of amides is 1. The van der Waals surface area contributed by atoms with E-state index in [-0.39, 0.29) is 6.09 Å². The Hall–Kier alpha value is -1.97. The van der Waals surface area contributed by atoms with Crippen LogP contribution in [0, 0.1) is 0 Å². The summed E-state index contributed by atoms with van der Waals surface area (Å²) in [5.41, 5.74) is 3.82. The van der Waals surface area contributed by atoms with Crippen molar-refractivity contribution in [1.29, 1.82) is 0 Å². The molecular formula is C17H22N2O2. The molecule has 0 bridgehead atoms. The van der Waals surface area contributed by atoms with Crippen molar-refractivity contribution in [1.82, 2.24) is 9.88 Å². The number of unbranched alkanes of at least 4 members (excludes halogenated alkanes) is 1. The average Bonchev–Trinajstić information content (AvgIpc) is 2.72. The van der Waals surface area contributed by atoms with Crippen molar-refractivity contribution < 1.29 is 9.53 Å². The molecule has 1 aliphatic rings. The highest BCUT2D eigenvalue weighted by Crippen LogP contribution is 2.25. The molecule has 1 amide bonds. The van der Waals surface area contributed by atoms with E-state index in [2.05, 4.69) is 36.2 Å². The lowest BCUT2D eigenvalue weighted by molar-refractivity contribution is 0.103. The van der Waals surface area contributed by atoms with Crippen molar-refractivity contribution in [3.8, 4) is 0 Å². The highest BCUT2D eigenvalue weighted by atomic mass is 16.6. The third kappa shape index (κ3) is 2.89. The van der Waals surface area contributed by atoms with Gasteiger partial charge in [0.25, 0.3) is 0 Å². The molecule has 0 saturated carbocycles. The lowest BCUT2D eigenvalue weighted by Crippen LogP contribution is -2.34. The van der Waals surface area contributed by atoms with Crippen molar-refractivity contribution in [3.63, 3.8) is 0 Å². The maximum atomic E-state index is 12.1. The fourth-order valence-corrected chi connectivity index (χ4v) is 2.94. The number of benzene rings is 1. The van der Waals surface area contributed by atoms with Gasteiger partial charge in [-0.15, -0.1) is 0 Å². The molecule has 0 unspecified atom stereocenters. The molecule has 2 aromatic rings. The van der Waals surface area contributed by atoms with E-state index in [1.807, 2.05) is 4.90 Å². The molecule has 0 aliphatic carbocycles. The van der Waals surface area contributed by atoms with Crippen molar-refractivity contribution in [3.05, 3.63) is 35.5 Å². The van der Waals surface area contributed by atoms with Crippen molar-refractivity contribution >= 4 is 17.0 Å². The molecule has 1 aromatic heterocycles. The van der Waals surface area contributed by atoms with E-state index in [1.165, 1.54) is 22.2 Å². The molecule has 0 spiro atoms. The van der Waals surface area contributed by atoms with Crippen LogP contribution in [0.4, 0.5) is 4.79 Å². The second kappa shape index (κ2) is 6.20. The zero-order valence-corrected chi connectivity index (χ0v) is 12.5. The molecule has 0 saturated heterocycles. The Bertz CT molecular complexity index is 633. The normalized spacial score (nSPS) is 14.8. The quantitative estimate of drug-likeness (QED) is 0.878. The summed E-state index contributed by atoms with van der Waals surface area (Å²) in [6, 6.07) is 8.38. The van der Waals surface area contributed by atoms with Crippen LogP contribution in [0.1, 0.15) is 31.0 Å². The summed E-state index contributed by atoms with van der Waals surface area (Å²) in [6.07, 6.45) is 3.57. The number of carbonyl (C=O) groups is 1. The van der Waals surface area contributed by atoms with Gasteiger partial charge in [-0.25, -0.2) is 4.79 Å². The maximum absolute atomic E-state index is 12.1. The first-order valence-corrected chi connectivity index (χ1v) is 7.79. The van der Waals surface area contributed by atoms with Gasteiger partial charge in [0.05, 0.1) is 6.61 Å². The Labute approximate surface area is 125 Å². The molecule has 4 nitrogen and oxygen atoms in total. The molecule has 1 aromatic carbocycles. The summed E-state index contributed by atoms with van der Waals surface area (Å²) in [4.78, 5) is 17.4. The molecule has 2 heterocycles. The van der Waals surface area contributed by atoms with Crippen LogP contribution in [0.2, 0.25) is 0 Å². The van der Waals surface area contributed by atoms with Crippen LogP contribution in [0.3, 0.4) is 0 Å². The predicted molar refractivity (Wildman–Crippen MR) is 83.5 cm³/mol. The maximum Gasteiger partial charge on any atom is 0.409 e. The van der Waals surface area contributed by atoms with Crippen molar-refractivity contribution in [2.75, 3.05) is 19.7 Å². The Kier molecular flexibility index (Phi) is 4.13. The fourth-order valence-electron chi connectivity index (χ4n) is 2.94. The lowest BCUT2D eigenvalue weighted by Gasteiger charge is -2.19.